The van der Waals surface area contributed by atoms with Gasteiger partial charge >= 0.3 is 0 Å². The van der Waals surface area contributed by atoms with Crippen LogP contribution < -0.4 is 10.1 Å². The van der Waals surface area contributed by atoms with Crippen molar-refractivity contribution >= 4 is 21.8 Å². The standard InChI is InChI=1S/C12H17BrN2O2/c1-4-8(2)15-12(16)9(3)17-11-5-10(13)6-14-7-11/h5-9H,4H2,1-3H3,(H,15,16). The van der Waals surface area contributed by atoms with Crippen LogP contribution in [0.3, 0.4) is 0 Å². The van der Waals surface area contributed by atoms with E-state index >= 15 is 0 Å². The zero-order chi connectivity index (χ0) is 12.8. The molecule has 17 heavy (non-hydrogen) atoms. The van der Waals surface area contributed by atoms with E-state index in [9.17, 15) is 4.79 Å². The van der Waals surface area contributed by atoms with Gasteiger partial charge in [-0.05, 0) is 42.3 Å². The summed E-state index contributed by atoms with van der Waals surface area (Å²) in [7, 11) is 0. The second kappa shape index (κ2) is 6.59. The summed E-state index contributed by atoms with van der Waals surface area (Å²) in [5.41, 5.74) is 0. The predicted octanol–water partition coefficient (Wildman–Crippen LogP) is 2.53. The molecule has 0 bridgehead atoms. The quantitative estimate of drug-likeness (QED) is 0.909. The van der Waals surface area contributed by atoms with Gasteiger partial charge in [-0.1, -0.05) is 6.92 Å². The van der Waals surface area contributed by atoms with E-state index in [0.717, 1.165) is 10.9 Å². The molecule has 2 atom stereocenters. The van der Waals surface area contributed by atoms with E-state index in [1.807, 2.05) is 13.8 Å². The Bertz CT molecular complexity index is 385. The van der Waals surface area contributed by atoms with E-state index in [-0.39, 0.29) is 11.9 Å². The first-order chi connectivity index (χ1) is 8.02. The Morgan fingerprint density at radius 3 is 2.82 bits per heavy atom. The van der Waals surface area contributed by atoms with E-state index in [1.54, 1.807) is 25.4 Å². The summed E-state index contributed by atoms with van der Waals surface area (Å²) in [4.78, 5) is 15.7. The van der Waals surface area contributed by atoms with Gasteiger partial charge in [-0.3, -0.25) is 9.78 Å². The molecule has 1 heterocycles. The van der Waals surface area contributed by atoms with Crippen molar-refractivity contribution in [2.45, 2.75) is 39.3 Å². The van der Waals surface area contributed by atoms with Gasteiger partial charge in [0, 0.05) is 16.7 Å². The first-order valence-electron chi connectivity index (χ1n) is 5.60. The zero-order valence-corrected chi connectivity index (χ0v) is 11.8. The maximum Gasteiger partial charge on any atom is 0.260 e. The van der Waals surface area contributed by atoms with Crippen LogP contribution in [0.1, 0.15) is 27.2 Å². The van der Waals surface area contributed by atoms with Crippen molar-refractivity contribution in [1.82, 2.24) is 10.3 Å². The maximum absolute atomic E-state index is 11.7. The van der Waals surface area contributed by atoms with Gasteiger partial charge in [-0.15, -0.1) is 0 Å². The molecular weight excluding hydrogens is 284 g/mol. The minimum Gasteiger partial charge on any atom is -0.479 e. The van der Waals surface area contributed by atoms with Gasteiger partial charge < -0.3 is 10.1 Å². The van der Waals surface area contributed by atoms with Crippen molar-refractivity contribution in [3.8, 4) is 5.75 Å². The minimum atomic E-state index is -0.528. The van der Waals surface area contributed by atoms with Crippen molar-refractivity contribution in [3.63, 3.8) is 0 Å². The maximum atomic E-state index is 11.7. The number of ether oxygens (including phenoxy) is 1. The molecule has 0 saturated heterocycles. The smallest absolute Gasteiger partial charge is 0.260 e. The average Bonchev–Trinajstić information content (AvgIpc) is 2.28. The van der Waals surface area contributed by atoms with Crippen LogP contribution in [0.2, 0.25) is 0 Å². The van der Waals surface area contributed by atoms with Gasteiger partial charge in [-0.25, -0.2) is 0 Å². The normalized spacial score (nSPS) is 13.9. The van der Waals surface area contributed by atoms with E-state index in [0.29, 0.717) is 5.75 Å². The van der Waals surface area contributed by atoms with E-state index in [1.165, 1.54) is 0 Å². The average molecular weight is 301 g/mol. The first-order valence-corrected chi connectivity index (χ1v) is 6.39. The summed E-state index contributed by atoms with van der Waals surface area (Å²) < 4.78 is 6.32. The summed E-state index contributed by atoms with van der Waals surface area (Å²) in [5.74, 6) is 0.463. The fourth-order valence-electron chi connectivity index (χ4n) is 1.18. The Labute approximate surface area is 110 Å². The Morgan fingerprint density at radius 2 is 2.24 bits per heavy atom. The fourth-order valence-corrected chi connectivity index (χ4v) is 1.52. The highest BCUT2D eigenvalue weighted by Gasteiger charge is 2.16. The summed E-state index contributed by atoms with van der Waals surface area (Å²) in [6.07, 6.45) is 3.62. The number of halogens is 1. The van der Waals surface area contributed by atoms with Crippen LogP contribution in [0.15, 0.2) is 22.9 Å². The number of rotatable bonds is 5. The lowest BCUT2D eigenvalue weighted by Crippen LogP contribution is -2.40. The molecule has 1 aromatic rings. The molecule has 2 unspecified atom stereocenters. The van der Waals surface area contributed by atoms with Crippen molar-refractivity contribution in [3.05, 3.63) is 22.9 Å². The number of nitrogens with one attached hydrogen (secondary N) is 1. The largest absolute Gasteiger partial charge is 0.479 e. The van der Waals surface area contributed by atoms with Gasteiger partial charge in [0.1, 0.15) is 5.75 Å². The van der Waals surface area contributed by atoms with Crippen LogP contribution in [-0.4, -0.2) is 23.0 Å². The van der Waals surface area contributed by atoms with Gasteiger partial charge in [0.05, 0.1) is 6.20 Å². The summed E-state index contributed by atoms with van der Waals surface area (Å²) in [6, 6.07) is 1.94. The summed E-state index contributed by atoms with van der Waals surface area (Å²) in [5, 5.41) is 2.87. The second-order valence-corrected chi connectivity index (χ2v) is 4.83. The highest BCUT2D eigenvalue weighted by Crippen LogP contribution is 2.17. The highest BCUT2D eigenvalue weighted by atomic mass is 79.9. The number of hydrogen-bond donors (Lipinski definition) is 1. The molecule has 1 aromatic heterocycles. The van der Waals surface area contributed by atoms with E-state index in [2.05, 4.69) is 26.2 Å². The molecule has 94 valence electrons. The number of carbonyl (C=O) groups is 1. The van der Waals surface area contributed by atoms with Gasteiger partial charge in [-0.2, -0.15) is 0 Å². The Kier molecular flexibility index (Phi) is 5.41. The monoisotopic (exact) mass is 300 g/mol. The van der Waals surface area contributed by atoms with Gasteiger partial charge in [0.2, 0.25) is 0 Å². The Hall–Kier alpha value is -1.10. The molecule has 1 rings (SSSR count). The minimum absolute atomic E-state index is 0.112. The summed E-state index contributed by atoms with van der Waals surface area (Å²) in [6.45, 7) is 5.71. The molecular formula is C12H17BrN2O2. The predicted molar refractivity (Wildman–Crippen MR) is 69.9 cm³/mol. The SMILES string of the molecule is CCC(C)NC(=O)C(C)Oc1cncc(Br)c1. The molecule has 0 spiro atoms. The van der Waals surface area contributed by atoms with Gasteiger partial charge in [0.15, 0.2) is 6.10 Å². The highest BCUT2D eigenvalue weighted by molar-refractivity contribution is 9.10. The number of carbonyl (C=O) groups excluding carboxylic acids is 1. The topological polar surface area (TPSA) is 51.2 Å². The lowest BCUT2D eigenvalue weighted by Gasteiger charge is -2.17. The lowest BCUT2D eigenvalue weighted by molar-refractivity contribution is -0.127. The number of nitrogens with zero attached hydrogens (tertiary/aromatic N) is 1. The third kappa shape index (κ3) is 4.73. The van der Waals surface area contributed by atoms with Crippen molar-refractivity contribution in [2.75, 3.05) is 0 Å². The third-order valence-corrected chi connectivity index (χ3v) is 2.80. The van der Waals surface area contributed by atoms with Crippen LogP contribution in [0.5, 0.6) is 5.75 Å². The lowest BCUT2D eigenvalue weighted by atomic mass is 10.2. The molecule has 4 nitrogen and oxygen atoms in total. The van der Waals surface area contributed by atoms with Crippen LogP contribution in [0, 0.1) is 0 Å². The molecule has 0 saturated carbocycles. The second-order valence-electron chi connectivity index (χ2n) is 3.92. The van der Waals surface area contributed by atoms with Crippen LogP contribution in [-0.2, 0) is 4.79 Å². The van der Waals surface area contributed by atoms with Crippen molar-refractivity contribution < 1.29 is 9.53 Å². The molecule has 0 aliphatic carbocycles. The molecule has 1 amide bonds. The molecule has 5 heteroatoms. The Morgan fingerprint density at radius 1 is 1.53 bits per heavy atom. The molecule has 0 aliphatic heterocycles. The summed E-state index contributed by atoms with van der Waals surface area (Å²) >= 11 is 3.30. The zero-order valence-electron chi connectivity index (χ0n) is 10.2. The van der Waals surface area contributed by atoms with E-state index in [4.69, 9.17) is 4.74 Å². The number of aromatic nitrogens is 1. The van der Waals surface area contributed by atoms with Crippen molar-refractivity contribution in [2.24, 2.45) is 0 Å². The molecule has 0 aliphatic rings. The van der Waals surface area contributed by atoms with Crippen LogP contribution in [0.4, 0.5) is 0 Å². The van der Waals surface area contributed by atoms with Crippen LogP contribution in [0.25, 0.3) is 0 Å². The van der Waals surface area contributed by atoms with Crippen molar-refractivity contribution in [1.29, 1.82) is 0 Å². The molecule has 1 N–H and O–H groups in total. The Balaban J connectivity index is 2.54. The molecule has 0 aromatic carbocycles. The van der Waals surface area contributed by atoms with E-state index < -0.39 is 6.10 Å². The fraction of sp³-hybridized carbons (Fsp3) is 0.500. The number of pyridine rings is 1. The van der Waals surface area contributed by atoms with Gasteiger partial charge in [0.25, 0.3) is 5.91 Å². The molecule has 0 fully saturated rings. The number of hydrogen-bond acceptors (Lipinski definition) is 3. The number of amides is 1. The first kappa shape index (κ1) is 14.0. The third-order valence-electron chi connectivity index (χ3n) is 2.36. The molecule has 0 radical (unpaired) electrons. The van der Waals surface area contributed by atoms with Crippen LogP contribution >= 0.6 is 15.9 Å².